The summed E-state index contributed by atoms with van der Waals surface area (Å²) in [5, 5.41) is 11.0. The number of benzene rings is 1. The molecule has 90 valence electrons. The Hall–Kier alpha value is -1.02. The molecule has 17 heavy (non-hydrogen) atoms. The van der Waals surface area contributed by atoms with Crippen LogP contribution in [0.5, 0.6) is 0 Å². The summed E-state index contributed by atoms with van der Waals surface area (Å²) in [6, 6.07) is 4.46. The van der Waals surface area contributed by atoms with Crippen LogP contribution in [0.3, 0.4) is 0 Å². The van der Waals surface area contributed by atoms with Crippen molar-refractivity contribution in [3.63, 3.8) is 0 Å². The largest absolute Gasteiger partial charge is 0.419 e. The Kier molecular flexibility index (Phi) is 4.06. The summed E-state index contributed by atoms with van der Waals surface area (Å²) < 4.78 is 19.2. The monoisotopic (exact) mass is 347 g/mol. The second kappa shape index (κ2) is 5.54. The van der Waals surface area contributed by atoms with Crippen LogP contribution in [0.4, 0.5) is 4.39 Å². The lowest BCUT2D eigenvalue weighted by molar-refractivity contribution is 0.482. The maximum absolute atomic E-state index is 13.0. The summed E-state index contributed by atoms with van der Waals surface area (Å²) in [6.45, 7) is 3.38. The first-order valence-electron chi connectivity index (χ1n) is 5.19. The lowest BCUT2D eigenvalue weighted by Gasteiger charge is -1.99. The van der Waals surface area contributed by atoms with Crippen LogP contribution in [0.2, 0.25) is 0 Å². The van der Waals surface area contributed by atoms with E-state index in [1.54, 1.807) is 6.07 Å². The molecular weight excluding hydrogens is 336 g/mol. The van der Waals surface area contributed by atoms with Gasteiger partial charge in [-0.05, 0) is 47.3 Å². The molecule has 0 aliphatic rings. The quantitative estimate of drug-likeness (QED) is 0.864. The number of nitrogens with one attached hydrogen (secondary N) is 1. The summed E-state index contributed by atoms with van der Waals surface area (Å²) in [6.07, 6.45) is 0. The predicted octanol–water partition coefficient (Wildman–Crippen LogP) is 2.59. The molecule has 2 aromatic rings. The molecule has 1 N–H and O–H groups in total. The van der Waals surface area contributed by atoms with Gasteiger partial charge < -0.3 is 9.73 Å². The SMILES string of the molecule is CCNCc1nnc(-c2ccc(F)cc2I)o1. The van der Waals surface area contributed by atoms with E-state index in [2.05, 4.69) is 15.5 Å². The van der Waals surface area contributed by atoms with Gasteiger partial charge in [-0.2, -0.15) is 0 Å². The van der Waals surface area contributed by atoms with Crippen LogP contribution < -0.4 is 5.32 Å². The molecule has 0 aliphatic carbocycles. The molecule has 1 heterocycles. The molecule has 1 aromatic carbocycles. The lowest BCUT2D eigenvalue weighted by Crippen LogP contribution is -2.11. The maximum Gasteiger partial charge on any atom is 0.248 e. The summed E-state index contributed by atoms with van der Waals surface area (Å²) in [7, 11) is 0. The molecule has 0 amide bonds. The number of hydrogen-bond donors (Lipinski definition) is 1. The second-order valence-electron chi connectivity index (χ2n) is 3.41. The zero-order valence-electron chi connectivity index (χ0n) is 9.20. The number of nitrogens with zero attached hydrogens (tertiary/aromatic N) is 2. The van der Waals surface area contributed by atoms with Crippen molar-refractivity contribution in [1.82, 2.24) is 15.5 Å². The number of aromatic nitrogens is 2. The van der Waals surface area contributed by atoms with E-state index in [0.717, 1.165) is 15.7 Å². The van der Waals surface area contributed by atoms with E-state index in [1.165, 1.54) is 12.1 Å². The van der Waals surface area contributed by atoms with Crippen molar-refractivity contribution in [1.29, 1.82) is 0 Å². The highest BCUT2D eigenvalue weighted by atomic mass is 127. The zero-order chi connectivity index (χ0) is 12.3. The molecule has 0 bridgehead atoms. The minimum absolute atomic E-state index is 0.273. The molecule has 0 aliphatic heterocycles. The normalized spacial score (nSPS) is 10.8. The molecule has 6 heteroatoms. The van der Waals surface area contributed by atoms with Crippen LogP contribution in [0.1, 0.15) is 12.8 Å². The highest BCUT2D eigenvalue weighted by Crippen LogP contribution is 2.24. The van der Waals surface area contributed by atoms with Gasteiger partial charge in [0, 0.05) is 3.57 Å². The lowest BCUT2D eigenvalue weighted by atomic mass is 10.2. The van der Waals surface area contributed by atoms with Crippen molar-refractivity contribution >= 4 is 22.6 Å². The maximum atomic E-state index is 13.0. The van der Waals surface area contributed by atoms with Crippen molar-refractivity contribution in [2.45, 2.75) is 13.5 Å². The van der Waals surface area contributed by atoms with Crippen molar-refractivity contribution in [3.05, 3.63) is 33.5 Å². The van der Waals surface area contributed by atoms with E-state index in [9.17, 15) is 4.39 Å². The summed E-state index contributed by atoms with van der Waals surface area (Å²) >= 11 is 2.04. The summed E-state index contributed by atoms with van der Waals surface area (Å²) in [5.74, 6) is 0.676. The molecular formula is C11H11FIN3O. The van der Waals surface area contributed by atoms with E-state index in [1.807, 2.05) is 29.5 Å². The first-order valence-corrected chi connectivity index (χ1v) is 6.27. The minimum atomic E-state index is -0.273. The first-order chi connectivity index (χ1) is 8.20. The molecule has 0 saturated heterocycles. The highest BCUT2D eigenvalue weighted by Gasteiger charge is 2.11. The van der Waals surface area contributed by atoms with Crippen LogP contribution in [-0.2, 0) is 6.54 Å². The molecule has 1 aromatic heterocycles. The summed E-state index contributed by atoms with van der Waals surface area (Å²) in [4.78, 5) is 0. The zero-order valence-corrected chi connectivity index (χ0v) is 11.4. The van der Waals surface area contributed by atoms with Crippen LogP contribution in [0.15, 0.2) is 22.6 Å². The third-order valence-electron chi connectivity index (χ3n) is 2.15. The summed E-state index contributed by atoms with van der Waals surface area (Å²) in [5.41, 5.74) is 0.752. The predicted molar refractivity (Wildman–Crippen MR) is 69.8 cm³/mol. The van der Waals surface area contributed by atoms with E-state index in [-0.39, 0.29) is 5.82 Å². The number of rotatable bonds is 4. The number of halogens is 2. The van der Waals surface area contributed by atoms with Crippen LogP contribution in [0.25, 0.3) is 11.5 Å². The first kappa shape index (κ1) is 12.4. The average Bonchev–Trinajstić information content (AvgIpc) is 2.75. The molecule has 2 rings (SSSR count). The van der Waals surface area contributed by atoms with Gasteiger partial charge in [-0.1, -0.05) is 6.92 Å². The fourth-order valence-corrected chi connectivity index (χ4v) is 2.04. The minimum Gasteiger partial charge on any atom is -0.419 e. The average molecular weight is 347 g/mol. The van der Waals surface area contributed by atoms with Crippen LogP contribution >= 0.6 is 22.6 Å². The van der Waals surface area contributed by atoms with Crippen LogP contribution in [-0.4, -0.2) is 16.7 Å². The Labute approximate surface area is 112 Å². The van der Waals surface area contributed by atoms with Gasteiger partial charge in [-0.25, -0.2) is 4.39 Å². The fraction of sp³-hybridized carbons (Fsp3) is 0.273. The van der Waals surface area contributed by atoms with Gasteiger partial charge in [0.15, 0.2) is 0 Å². The Morgan fingerprint density at radius 2 is 2.24 bits per heavy atom. The van der Waals surface area contributed by atoms with Gasteiger partial charge in [0.1, 0.15) is 5.82 Å². The smallest absolute Gasteiger partial charge is 0.248 e. The van der Waals surface area contributed by atoms with Gasteiger partial charge in [0.05, 0.1) is 12.1 Å². The molecule has 0 spiro atoms. The Morgan fingerprint density at radius 3 is 2.94 bits per heavy atom. The van der Waals surface area contributed by atoms with Crippen molar-refractivity contribution in [2.24, 2.45) is 0 Å². The van der Waals surface area contributed by atoms with Crippen molar-refractivity contribution < 1.29 is 8.81 Å². The number of hydrogen-bond acceptors (Lipinski definition) is 4. The molecule has 0 fully saturated rings. The molecule has 0 saturated carbocycles. The Morgan fingerprint density at radius 1 is 1.41 bits per heavy atom. The van der Waals surface area contributed by atoms with E-state index in [4.69, 9.17) is 4.42 Å². The third kappa shape index (κ3) is 3.01. The Balaban J connectivity index is 2.24. The van der Waals surface area contributed by atoms with Gasteiger partial charge in [-0.15, -0.1) is 10.2 Å². The molecule has 0 radical (unpaired) electrons. The van der Waals surface area contributed by atoms with Gasteiger partial charge in [0.25, 0.3) is 0 Å². The Bertz CT molecular complexity index is 515. The van der Waals surface area contributed by atoms with E-state index in [0.29, 0.717) is 18.3 Å². The van der Waals surface area contributed by atoms with Crippen molar-refractivity contribution in [3.8, 4) is 11.5 Å². The third-order valence-corrected chi connectivity index (χ3v) is 3.05. The van der Waals surface area contributed by atoms with E-state index < -0.39 is 0 Å². The standard InChI is InChI=1S/C11H11FIN3O/c1-2-14-6-10-15-16-11(17-10)8-4-3-7(12)5-9(8)13/h3-5,14H,2,6H2,1H3. The highest BCUT2D eigenvalue weighted by molar-refractivity contribution is 14.1. The second-order valence-corrected chi connectivity index (χ2v) is 4.57. The van der Waals surface area contributed by atoms with E-state index >= 15 is 0 Å². The van der Waals surface area contributed by atoms with Crippen LogP contribution in [0, 0.1) is 9.39 Å². The van der Waals surface area contributed by atoms with Gasteiger partial charge in [0.2, 0.25) is 11.8 Å². The molecule has 4 nitrogen and oxygen atoms in total. The molecule has 0 atom stereocenters. The topological polar surface area (TPSA) is 51.0 Å². The fourth-order valence-electron chi connectivity index (χ4n) is 1.33. The van der Waals surface area contributed by atoms with Crippen molar-refractivity contribution in [2.75, 3.05) is 6.54 Å². The van der Waals surface area contributed by atoms with Gasteiger partial charge >= 0.3 is 0 Å². The van der Waals surface area contributed by atoms with Gasteiger partial charge in [-0.3, -0.25) is 0 Å². The molecule has 0 unspecified atom stereocenters.